The molecule has 1 aliphatic rings. The molecule has 1 amide bonds. The van der Waals surface area contributed by atoms with E-state index in [1.807, 2.05) is 51.1 Å². The Kier molecular flexibility index (Phi) is 4.08. The smallest absolute Gasteiger partial charge is 0.307 e. The van der Waals surface area contributed by atoms with Gasteiger partial charge in [0.1, 0.15) is 0 Å². The summed E-state index contributed by atoms with van der Waals surface area (Å²) in [4.78, 5) is 24.0. The van der Waals surface area contributed by atoms with Crippen molar-refractivity contribution in [3.63, 3.8) is 0 Å². The van der Waals surface area contributed by atoms with Crippen LogP contribution in [0.5, 0.6) is 0 Å². The number of carbonyl (C=O) groups excluding carboxylic acids is 1. The number of benzene rings is 1. The fourth-order valence-electron chi connectivity index (χ4n) is 3.31. The number of rotatable bonds is 4. The molecule has 4 heteroatoms. The van der Waals surface area contributed by atoms with Crippen molar-refractivity contribution >= 4 is 11.9 Å². The quantitative estimate of drug-likeness (QED) is 0.895. The van der Waals surface area contributed by atoms with Crippen molar-refractivity contribution in [1.82, 2.24) is 5.32 Å². The van der Waals surface area contributed by atoms with Gasteiger partial charge in [0.25, 0.3) is 0 Å². The van der Waals surface area contributed by atoms with Crippen LogP contribution in [0.25, 0.3) is 0 Å². The van der Waals surface area contributed by atoms with Gasteiger partial charge < -0.3 is 10.4 Å². The van der Waals surface area contributed by atoms with Gasteiger partial charge in [0.15, 0.2) is 0 Å². The second kappa shape index (κ2) is 5.51. The molecule has 0 heterocycles. The first-order valence-corrected chi connectivity index (χ1v) is 7.34. The summed E-state index contributed by atoms with van der Waals surface area (Å²) < 4.78 is 0. The first-order chi connectivity index (χ1) is 9.79. The van der Waals surface area contributed by atoms with Crippen LogP contribution in [0.1, 0.15) is 39.2 Å². The third kappa shape index (κ3) is 2.67. The summed E-state index contributed by atoms with van der Waals surface area (Å²) in [7, 11) is 0. The average Bonchev–Trinajstić information content (AvgIpc) is 2.69. The molecular weight excluding hydrogens is 266 g/mol. The molecule has 0 spiro atoms. The molecule has 0 aliphatic heterocycles. The molecule has 0 aromatic heterocycles. The first-order valence-electron chi connectivity index (χ1n) is 7.34. The van der Waals surface area contributed by atoms with Crippen molar-refractivity contribution in [3.8, 4) is 0 Å². The molecule has 1 aromatic rings. The maximum Gasteiger partial charge on any atom is 0.307 e. The van der Waals surface area contributed by atoms with Crippen LogP contribution >= 0.6 is 0 Å². The molecule has 2 rings (SSSR count). The number of nitrogens with one attached hydrogen (secondary N) is 1. The summed E-state index contributed by atoms with van der Waals surface area (Å²) >= 11 is 0. The summed E-state index contributed by atoms with van der Waals surface area (Å²) in [5.41, 5.74) is -0.162. The molecule has 0 saturated heterocycles. The van der Waals surface area contributed by atoms with Gasteiger partial charge in [0.2, 0.25) is 5.91 Å². The van der Waals surface area contributed by atoms with E-state index >= 15 is 0 Å². The molecule has 21 heavy (non-hydrogen) atoms. The first kappa shape index (κ1) is 15.5. The zero-order valence-electron chi connectivity index (χ0n) is 12.8. The van der Waals surface area contributed by atoms with E-state index in [-0.39, 0.29) is 5.91 Å². The molecule has 0 bridgehead atoms. The van der Waals surface area contributed by atoms with Gasteiger partial charge in [-0.05, 0) is 23.8 Å². The van der Waals surface area contributed by atoms with E-state index in [9.17, 15) is 14.7 Å². The van der Waals surface area contributed by atoms with Crippen LogP contribution in [-0.4, -0.2) is 17.0 Å². The summed E-state index contributed by atoms with van der Waals surface area (Å²) in [6.45, 7) is 6.14. The summed E-state index contributed by atoms with van der Waals surface area (Å²) in [6.07, 6.45) is 1.16. The Bertz CT molecular complexity index is 538. The Labute approximate surface area is 125 Å². The highest BCUT2D eigenvalue weighted by atomic mass is 16.4. The third-order valence-electron chi connectivity index (χ3n) is 5.32. The van der Waals surface area contributed by atoms with Gasteiger partial charge in [0, 0.05) is 6.54 Å². The lowest BCUT2D eigenvalue weighted by Crippen LogP contribution is -2.47. The van der Waals surface area contributed by atoms with Gasteiger partial charge in [-0.2, -0.15) is 0 Å². The summed E-state index contributed by atoms with van der Waals surface area (Å²) in [5, 5.41) is 12.3. The van der Waals surface area contributed by atoms with Gasteiger partial charge >= 0.3 is 5.97 Å². The Hall–Kier alpha value is -1.84. The van der Waals surface area contributed by atoms with Crippen LogP contribution in [0.15, 0.2) is 30.3 Å². The second-order valence-electron chi connectivity index (χ2n) is 6.65. The van der Waals surface area contributed by atoms with E-state index in [2.05, 4.69) is 5.32 Å². The molecule has 2 atom stereocenters. The Balaban J connectivity index is 2.09. The van der Waals surface area contributed by atoms with Crippen molar-refractivity contribution in [2.24, 2.45) is 16.7 Å². The second-order valence-corrected chi connectivity index (χ2v) is 6.65. The minimum atomic E-state index is -0.806. The standard InChI is InChI=1S/C17H23NO3/c1-16(2)13(14(19)20)9-10-17(16,3)15(21)18-11-12-7-5-4-6-8-12/h4-8,13H,9-11H2,1-3H3,(H,18,21)(H,19,20)/t13-,17-/m0/s1. The number of carbonyl (C=O) groups is 2. The summed E-state index contributed by atoms with van der Waals surface area (Å²) in [6, 6.07) is 9.72. The molecule has 1 fully saturated rings. The van der Waals surface area contributed by atoms with Crippen LogP contribution in [0, 0.1) is 16.7 Å². The fourth-order valence-corrected chi connectivity index (χ4v) is 3.31. The van der Waals surface area contributed by atoms with E-state index in [0.29, 0.717) is 19.4 Å². The largest absolute Gasteiger partial charge is 0.481 e. The molecule has 0 radical (unpaired) electrons. The molecule has 1 aliphatic carbocycles. The number of hydrogen-bond acceptors (Lipinski definition) is 2. The topological polar surface area (TPSA) is 66.4 Å². The van der Waals surface area contributed by atoms with Crippen molar-refractivity contribution in [1.29, 1.82) is 0 Å². The summed E-state index contributed by atoms with van der Waals surface area (Å²) in [5.74, 6) is -1.33. The van der Waals surface area contributed by atoms with Crippen molar-refractivity contribution in [2.45, 2.75) is 40.2 Å². The van der Waals surface area contributed by atoms with Crippen molar-refractivity contribution < 1.29 is 14.7 Å². The molecular formula is C17H23NO3. The zero-order chi connectivity index (χ0) is 15.7. The lowest BCUT2D eigenvalue weighted by atomic mass is 9.65. The molecule has 4 nitrogen and oxygen atoms in total. The minimum absolute atomic E-state index is 0.0555. The maximum absolute atomic E-state index is 12.6. The highest BCUT2D eigenvalue weighted by molar-refractivity contribution is 5.85. The minimum Gasteiger partial charge on any atom is -0.481 e. The lowest BCUT2D eigenvalue weighted by Gasteiger charge is -2.39. The number of hydrogen-bond donors (Lipinski definition) is 2. The van der Waals surface area contributed by atoms with Gasteiger partial charge in [0.05, 0.1) is 11.3 Å². The Morgan fingerprint density at radius 2 is 1.86 bits per heavy atom. The predicted octanol–water partition coefficient (Wildman–Crippen LogP) is 2.83. The van der Waals surface area contributed by atoms with Crippen LogP contribution in [0.3, 0.4) is 0 Å². The SMILES string of the molecule is CC1(C)[C@H](C(=O)O)CC[C@@]1(C)C(=O)NCc1ccccc1. The van der Waals surface area contributed by atoms with Gasteiger partial charge in [-0.3, -0.25) is 9.59 Å². The lowest BCUT2D eigenvalue weighted by molar-refractivity contribution is -0.148. The Morgan fingerprint density at radius 1 is 1.24 bits per heavy atom. The normalized spacial score (nSPS) is 27.3. The van der Waals surface area contributed by atoms with Gasteiger partial charge in [-0.15, -0.1) is 0 Å². The average molecular weight is 289 g/mol. The monoisotopic (exact) mass is 289 g/mol. The fraction of sp³-hybridized carbons (Fsp3) is 0.529. The highest BCUT2D eigenvalue weighted by Crippen LogP contribution is 2.56. The number of carboxylic acids is 1. The van der Waals surface area contributed by atoms with E-state index in [1.54, 1.807) is 0 Å². The van der Waals surface area contributed by atoms with E-state index in [4.69, 9.17) is 0 Å². The van der Waals surface area contributed by atoms with Crippen LogP contribution < -0.4 is 5.32 Å². The molecule has 1 saturated carbocycles. The van der Waals surface area contributed by atoms with Crippen LogP contribution in [0.4, 0.5) is 0 Å². The van der Waals surface area contributed by atoms with E-state index in [1.165, 1.54) is 0 Å². The molecule has 1 aromatic carbocycles. The van der Waals surface area contributed by atoms with Gasteiger partial charge in [-0.25, -0.2) is 0 Å². The number of amides is 1. The number of aliphatic carboxylic acids is 1. The van der Waals surface area contributed by atoms with Gasteiger partial charge in [-0.1, -0.05) is 51.1 Å². The Morgan fingerprint density at radius 3 is 2.38 bits per heavy atom. The molecule has 2 N–H and O–H groups in total. The van der Waals surface area contributed by atoms with E-state index < -0.39 is 22.7 Å². The van der Waals surface area contributed by atoms with Crippen LogP contribution in [-0.2, 0) is 16.1 Å². The number of carboxylic acid groups (broad SMARTS) is 1. The third-order valence-corrected chi connectivity index (χ3v) is 5.32. The predicted molar refractivity (Wildman–Crippen MR) is 80.5 cm³/mol. The highest BCUT2D eigenvalue weighted by Gasteiger charge is 2.58. The molecule has 114 valence electrons. The van der Waals surface area contributed by atoms with Crippen molar-refractivity contribution in [3.05, 3.63) is 35.9 Å². The maximum atomic E-state index is 12.6. The van der Waals surface area contributed by atoms with Crippen LogP contribution in [0.2, 0.25) is 0 Å². The zero-order valence-corrected chi connectivity index (χ0v) is 12.8. The molecule has 0 unspecified atom stereocenters. The van der Waals surface area contributed by atoms with E-state index in [0.717, 1.165) is 5.56 Å². The van der Waals surface area contributed by atoms with Crippen molar-refractivity contribution in [2.75, 3.05) is 0 Å².